The molecular formula is C22H26N6O3. The molecule has 0 saturated carbocycles. The van der Waals surface area contributed by atoms with Crippen LogP contribution in [-0.4, -0.2) is 58.1 Å². The molecule has 0 amide bonds. The van der Waals surface area contributed by atoms with Crippen molar-refractivity contribution < 1.29 is 14.6 Å². The number of benzene rings is 1. The summed E-state index contributed by atoms with van der Waals surface area (Å²) < 4.78 is 7.28. The number of hydrogen-bond donors (Lipinski definition) is 3. The van der Waals surface area contributed by atoms with Gasteiger partial charge in [-0.1, -0.05) is 6.07 Å². The summed E-state index contributed by atoms with van der Waals surface area (Å²) in [5.41, 5.74) is 15.2. The molecule has 4 rings (SSSR count). The van der Waals surface area contributed by atoms with Crippen molar-refractivity contribution in [3.8, 4) is 16.9 Å². The number of ether oxygens (including phenoxy) is 1. The second-order valence-corrected chi connectivity index (χ2v) is 7.93. The number of aryl methyl sites for hydroxylation is 1. The Morgan fingerprint density at radius 2 is 2.16 bits per heavy atom. The summed E-state index contributed by atoms with van der Waals surface area (Å²) in [7, 11) is 5.80. The van der Waals surface area contributed by atoms with Gasteiger partial charge in [0.25, 0.3) is 0 Å². The Morgan fingerprint density at radius 3 is 2.74 bits per heavy atom. The van der Waals surface area contributed by atoms with E-state index in [-0.39, 0.29) is 24.0 Å². The topological polar surface area (TPSA) is 135 Å². The number of aromatic nitrogens is 2. The van der Waals surface area contributed by atoms with Gasteiger partial charge in [-0.2, -0.15) is 0 Å². The fourth-order valence-electron chi connectivity index (χ4n) is 3.89. The lowest BCUT2D eigenvalue weighted by molar-refractivity contribution is 0.0953. The molecule has 1 fully saturated rings. The van der Waals surface area contributed by atoms with Gasteiger partial charge in [0.15, 0.2) is 11.7 Å². The van der Waals surface area contributed by atoms with Gasteiger partial charge in [0.1, 0.15) is 11.9 Å². The number of nitrogens with zero attached hydrogens (tertiary/aromatic N) is 4. The molecule has 9 heteroatoms. The van der Waals surface area contributed by atoms with Crippen molar-refractivity contribution in [1.82, 2.24) is 14.5 Å². The van der Waals surface area contributed by atoms with Crippen molar-refractivity contribution in [2.24, 2.45) is 23.5 Å². The van der Waals surface area contributed by atoms with Crippen LogP contribution in [0.5, 0.6) is 5.75 Å². The van der Waals surface area contributed by atoms with Crippen molar-refractivity contribution in [2.75, 3.05) is 20.7 Å². The predicted octanol–water partition coefficient (Wildman–Crippen LogP) is 1.36. The van der Waals surface area contributed by atoms with Crippen LogP contribution in [-0.2, 0) is 24.9 Å². The number of phenols is 1. The number of carbonyl (C=O) groups excluding carboxylic acids is 1. The zero-order valence-corrected chi connectivity index (χ0v) is 17.8. The van der Waals surface area contributed by atoms with E-state index in [2.05, 4.69) is 9.98 Å². The number of rotatable bonds is 7. The smallest absolute Gasteiger partial charge is 0.196 e. The average molecular weight is 422 g/mol. The van der Waals surface area contributed by atoms with E-state index >= 15 is 0 Å². The van der Waals surface area contributed by atoms with Gasteiger partial charge in [-0.15, -0.1) is 0 Å². The van der Waals surface area contributed by atoms with Crippen LogP contribution < -0.4 is 11.5 Å². The van der Waals surface area contributed by atoms with Crippen LogP contribution in [0.3, 0.4) is 0 Å². The Morgan fingerprint density at radius 1 is 1.42 bits per heavy atom. The zero-order chi connectivity index (χ0) is 22.3. The van der Waals surface area contributed by atoms with Crippen molar-refractivity contribution in [3.63, 3.8) is 0 Å². The molecule has 0 spiro atoms. The molecule has 2 aromatic heterocycles. The molecule has 0 radical (unpaired) electrons. The zero-order valence-electron chi connectivity index (χ0n) is 17.8. The van der Waals surface area contributed by atoms with E-state index in [1.54, 1.807) is 18.5 Å². The lowest BCUT2D eigenvalue weighted by Gasteiger charge is -2.12. The third kappa shape index (κ3) is 3.85. The summed E-state index contributed by atoms with van der Waals surface area (Å²) in [5.74, 6) is -0.164. The monoisotopic (exact) mass is 422 g/mol. The molecule has 31 heavy (non-hydrogen) atoms. The van der Waals surface area contributed by atoms with Crippen LogP contribution in [0.25, 0.3) is 22.0 Å². The number of nitrogens with two attached hydrogens (primary N) is 2. The minimum Gasteiger partial charge on any atom is -0.507 e. The van der Waals surface area contributed by atoms with E-state index in [1.807, 2.05) is 42.7 Å². The largest absolute Gasteiger partial charge is 0.507 e. The van der Waals surface area contributed by atoms with Crippen molar-refractivity contribution >= 4 is 22.6 Å². The maximum Gasteiger partial charge on any atom is 0.196 e. The van der Waals surface area contributed by atoms with Gasteiger partial charge in [-0.3, -0.25) is 9.78 Å². The van der Waals surface area contributed by atoms with Crippen LogP contribution in [0.1, 0.15) is 21.6 Å². The average Bonchev–Trinajstić information content (AvgIpc) is 3.54. The number of guanidine groups is 1. The highest BCUT2D eigenvalue weighted by Crippen LogP contribution is 2.42. The van der Waals surface area contributed by atoms with Gasteiger partial charge in [-0.05, 0) is 26.2 Å². The first kappa shape index (κ1) is 20.8. The van der Waals surface area contributed by atoms with E-state index in [0.717, 1.165) is 16.8 Å². The van der Waals surface area contributed by atoms with Gasteiger partial charge in [-0.25, -0.2) is 4.99 Å². The molecule has 1 atom stereocenters. The number of ketones is 1. The maximum atomic E-state index is 13.3. The summed E-state index contributed by atoms with van der Waals surface area (Å²) in [5, 5.41) is 11.9. The number of aliphatic imine (C=N–C) groups is 1. The fraction of sp³-hybridized carbons (Fsp3) is 0.318. The number of pyridine rings is 1. The molecule has 0 aliphatic carbocycles. The van der Waals surface area contributed by atoms with Gasteiger partial charge in [0.2, 0.25) is 0 Å². The molecule has 1 saturated heterocycles. The van der Waals surface area contributed by atoms with E-state index in [0.29, 0.717) is 35.2 Å². The predicted molar refractivity (Wildman–Crippen MR) is 119 cm³/mol. The molecule has 1 unspecified atom stereocenters. The lowest BCUT2D eigenvalue weighted by Crippen LogP contribution is -2.22. The Hall–Kier alpha value is -3.43. The molecule has 1 aliphatic heterocycles. The van der Waals surface area contributed by atoms with Gasteiger partial charge >= 0.3 is 0 Å². The molecule has 3 aromatic rings. The standard InChI is InChI=1S/C22H26N6O3/c1-27(2)10-16-19(21(30)17-11-31-17)18-14(9-26-22(23)24)20(29)13(7-15(18)28(16)3)12-5-4-6-25-8-12/h4-8,17,29H,9-11H2,1-3H3,(H4,23,24,26). The number of phenolic OH excluding ortho intramolecular Hbond substituents is 1. The third-order valence-corrected chi connectivity index (χ3v) is 5.42. The molecule has 1 aliphatic rings. The Balaban J connectivity index is 2.08. The minimum absolute atomic E-state index is 0.0262. The number of aromatic hydroxyl groups is 1. The first-order chi connectivity index (χ1) is 14.8. The molecular weight excluding hydrogens is 396 g/mol. The second-order valence-electron chi connectivity index (χ2n) is 7.93. The highest BCUT2D eigenvalue weighted by molar-refractivity contribution is 6.14. The van der Waals surface area contributed by atoms with Gasteiger partial charge in [0, 0.05) is 59.3 Å². The fourth-order valence-corrected chi connectivity index (χ4v) is 3.89. The summed E-state index contributed by atoms with van der Waals surface area (Å²) in [6.45, 7) is 0.985. The van der Waals surface area contributed by atoms with Gasteiger partial charge in [0.05, 0.1) is 18.7 Å². The van der Waals surface area contributed by atoms with Crippen molar-refractivity contribution in [1.29, 1.82) is 0 Å². The molecule has 3 heterocycles. The summed E-state index contributed by atoms with van der Waals surface area (Å²) >= 11 is 0. The quantitative estimate of drug-likeness (QED) is 0.226. The number of Topliss-reactive ketones (excluding diaryl/α,β-unsaturated/α-hetero) is 1. The SMILES string of the molecule is CN(C)Cc1c(C(=O)C2CO2)c2c(CN=C(N)N)c(O)c(-c3cccnc3)cc2n1C. The van der Waals surface area contributed by atoms with Crippen LogP contribution in [0.4, 0.5) is 0 Å². The van der Waals surface area contributed by atoms with Crippen molar-refractivity contribution in [3.05, 3.63) is 47.4 Å². The van der Waals surface area contributed by atoms with Crippen LogP contribution in [0.15, 0.2) is 35.6 Å². The summed E-state index contributed by atoms with van der Waals surface area (Å²) in [6.07, 6.45) is 2.89. The van der Waals surface area contributed by atoms with E-state index < -0.39 is 6.10 Å². The molecule has 1 aromatic carbocycles. The lowest BCUT2D eigenvalue weighted by atomic mass is 9.95. The van der Waals surface area contributed by atoms with Crippen LogP contribution in [0.2, 0.25) is 0 Å². The summed E-state index contributed by atoms with van der Waals surface area (Å²) in [6, 6.07) is 5.55. The number of carbonyl (C=O) groups is 1. The highest BCUT2D eigenvalue weighted by Gasteiger charge is 2.37. The molecule has 0 bridgehead atoms. The number of fused-ring (bicyclic) bond motifs is 1. The van der Waals surface area contributed by atoms with Crippen molar-refractivity contribution in [2.45, 2.75) is 19.2 Å². The minimum atomic E-state index is -0.456. The first-order valence-corrected chi connectivity index (χ1v) is 9.92. The third-order valence-electron chi connectivity index (χ3n) is 5.42. The molecule has 162 valence electrons. The van der Waals surface area contributed by atoms with E-state index in [9.17, 15) is 9.90 Å². The Bertz CT molecular complexity index is 1180. The highest BCUT2D eigenvalue weighted by atomic mass is 16.6. The number of epoxide rings is 1. The van der Waals surface area contributed by atoms with Gasteiger partial charge < -0.3 is 30.8 Å². The van der Waals surface area contributed by atoms with Crippen LogP contribution >= 0.6 is 0 Å². The Kier molecular flexibility index (Phi) is 5.38. The summed E-state index contributed by atoms with van der Waals surface area (Å²) in [4.78, 5) is 23.6. The normalized spacial score (nSPS) is 15.4. The van der Waals surface area contributed by atoms with E-state index in [1.165, 1.54) is 0 Å². The Labute approximate surface area is 179 Å². The van der Waals surface area contributed by atoms with E-state index in [4.69, 9.17) is 16.2 Å². The first-order valence-electron chi connectivity index (χ1n) is 9.92. The molecule has 9 nitrogen and oxygen atoms in total. The maximum absolute atomic E-state index is 13.3. The second kappa shape index (κ2) is 8.01. The number of hydrogen-bond acceptors (Lipinski definition) is 6. The van der Waals surface area contributed by atoms with Crippen LogP contribution in [0, 0.1) is 0 Å². The molecule has 5 N–H and O–H groups in total.